The van der Waals surface area contributed by atoms with Crippen molar-refractivity contribution in [1.82, 2.24) is 4.57 Å². The summed E-state index contributed by atoms with van der Waals surface area (Å²) in [7, 11) is 1.71. The Balaban J connectivity index is 3.76. The van der Waals surface area contributed by atoms with Crippen molar-refractivity contribution in [2.75, 3.05) is 0 Å². The van der Waals surface area contributed by atoms with Crippen LogP contribution in [-0.4, -0.2) is 4.57 Å². The number of pyridine rings is 1. The van der Waals surface area contributed by atoms with Crippen molar-refractivity contribution in [3.05, 3.63) is 32.7 Å². The molecule has 0 aromatic carbocycles. The molecule has 3 heteroatoms. The van der Waals surface area contributed by atoms with Gasteiger partial charge in [0.15, 0.2) is 0 Å². The minimum Gasteiger partial charge on any atom is -0.315 e. The molecule has 74 valence electrons. The van der Waals surface area contributed by atoms with Gasteiger partial charge in [-0.15, -0.1) is 0 Å². The van der Waals surface area contributed by atoms with E-state index in [2.05, 4.69) is 0 Å². The fraction of sp³-hybridized carbons (Fsp3) is 0.455. The molecule has 0 saturated heterocycles. The monoisotopic (exact) mass is 190 g/mol. The molecule has 1 heterocycles. The van der Waals surface area contributed by atoms with Gasteiger partial charge in [-0.3, -0.25) is 4.79 Å². The number of hydrogen-bond donors (Lipinski definition) is 0. The zero-order chi connectivity index (χ0) is 10.9. The minimum atomic E-state index is -0.195. The summed E-state index contributed by atoms with van der Waals surface area (Å²) in [5, 5.41) is 8.87. The zero-order valence-corrected chi connectivity index (χ0v) is 9.01. The van der Waals surface area contributed by atoms with E-state index in [1.807, 2.05) is 26.8 Å². The average Bonchev–Trinajstić information content (AvgIpc) is 2.16. The average molecular weight is 190 g/mol. The summed E-state index contributed by atoms with van der Waals surface area (Å²) in [6.45, 7) is 5.78. The van der Waals surface area contributed by atoms with Crippen LogP contribution in [0.2, 0.25) is 0 Å². The quantitative estimate of drug-likeness (QED) is 0.672. The van der Waals surface area contributed by atoms with E-state index in [0.717, 1.165) is 23.2 Å². The van der Waals surface area contributed by atoms with E-state index in [1.165, 1.54) is 0 Å². The molecular formula is C11H14N2O. The summed E-state index contributed by atoms with van der Waals surface area (Å²) < 4.78 is 1.55. The van der Waals surface area contributed by atoms with E-state index in [-0.39, 0.29) is 11.1 Å². The molecule has 0 bridgehead atoms. The Bertz CT molecular complexity index is 464. The molecule has 3 nitrogen and oxygen atoms in total. The highest BCUT2D eigenvalue weighted by molar-refractivity contribution is 5.42. The lowest BCUT2D eigenvalue weighted by Crippen LogP contribution is -2.25. The van der Waals surface area contributed by atoms with Crippen molar-refractivity contribution in [3.8, 4) is 6.07 Å². The predicted molar refractivity (Wildman–Crippen MR) is 55.3 cm³/mol. The van der Waals surface area contributed by atoms with Crippen LogP contribution in [0.15, 0.2) is 4.79 Å². The SMILES string of the molecule is CCc1c(C)c(C#N)c(=O)n(C)c1C. The lowest BCUT2D eigenvalue weighted by atomic mass is 10.0. The standard InChI is InChI=1S/C11H14N2O/c1-5-9-7(2)10(6-12)11(14)13(4)8(9)3/h5H2,1-4H3. The third-order valence-corrected chi connectivity index (χ3v) is 2.75. The van der Waals surface area contributed by atoms with Gasteiger partial charge in [0.1, 0.15) is 11.6 Å². The smallest absolute Gasteiger partial charge is 0.268 e. The molecular weight excluding hydrogens is 176 g/mol. The summed E-state index contributed by atoms with van der Waals surface area (Å²) in [5.74, 6) is 0. The Labute approximate surface area is 83.6 Å². The van der Waals surface area contributed by atoms with Crippen LogP contribution in [0.1, 0.15) is 29.3 Å². The minimum absolute atomic E-state index is 0.195. The maximum atomic E-state index is 11.7. The fourth-order valence-corrected chi connectivity index (χ4v) is 1.76. The van der Waals surface area contributed by atoms with Crippen molar-refractivity contribution in [3.63, 3.8) is 0 Å². The first-order chi connectivity index (χ1) is 6.54. The van der Waals surface area contributed by atoms with Crippen LogP contribution in [0, 0.1) is 25.2 Å². The molecule has 0 N–H and O–H groups in total. The summed E-state index contributed by atoms with van der Waals surface area (Å²) in [6.07, 6.45) is 0.848. The van der Waals surface area contributed by atoms with Gasteiger partial charge in [-0.25, -0.2) is 0 Å². The lowest BCUT2D eigenvalue weighted by Gasteiger charge is -2.12. The van der Waals surface area contributed by atoms with Gasteiger partial charge in [-0.1, -0.05) is 6.92 Å². The topological polar surface area (TPSA) is 45.8 Å². The highest BCUT2D eigenvalue weighted by Gasteiger charge is 2.12. The molecule has 1 rings (SSSR count). The van der Waals surface area contributed by atoms with Crippen molar-refractivity contribution in [2.45, 2.75) is 27.2 Å². The van der Waals surface area contributed by atoms with Crippen LogP contribution >= 0.6 is 0 Å². The Morgan fingerprint density at radius 1 is 1.43 bits per heavy atom. The third-order valence-electron chi connectivity index (χ3n) is 2.75. The summed E-state index contributed by atoms with van der Waals surface area (Å²) in [6, 6.07) is 1.97. The largest absolute Gasteiger partial charge is 0.315 e. The number of hydrogen-bond acceptors (Lipinski definition) is 2. The second-order valence-electron chi connectivity index (χ2n) is 3.39. The Hall–Kier alpha value is -1.56. The number of rotatable bonds is 1. The maximum absolute atomic E-state index is 11.7. The molecule has 14 heavy (non-hydrogen) atoms. The van der Waals surface area contributed by atoms with Gasteiger partial charge < -0.3 is 4.57 Å². The third kappa shape index (κ3) is 1.33. The summed E-state index contributed by atoms with van der Waals surface area (Å²) in [4.78, 5) is 11.7. The number of nitriles is 1. The van der Waals surface area contributed by atoms with E-state index < -0.39 is 0 Å². The Kier molecular flexibility index (Phi) is 2.76. The van der Waals surface area contributed by atoms with Gasteiger partial charge in [-0.2, -0.15) is 5.26 Å². The first kappa shape index (κ1) is 10.5. The molecule has 0 spiro atoms. The van der Waals surface area contributed by atoms with Crippen LogP contribution in [0.25, 0.3) is 0 Å². The molecule has 0 saturated carbocycles. The highest BCUT2D eigenvalue weighted by atomic mass is 16.1. The van der Waals surface area contributed by atoms with E-state index in [1.54, 1.807) is 11.6 Å². The Morgan fingerprint density at radius 3 is 2.43 bits per heavy atom. The normalized spacial score (nSPS) is 9.93. The van der Waals surface area contributed by atoms with Gasteiger partial charge in [0, 0.05) is 12.7 Å². The van der Waals surface area contributed by atoms with Gasteiger partial charge in [-0.05, 0) is 31.4 Å². The zero-order valence-electron chi connectivity index (χ0n) is 9.01. The van der Waals surface area contributed by atoms with Gasteiger partial charge in [0.2, 0.25) is 0 Å². The van der Waals surface area contributed by atoms with Crippen molar-refractivity contribution in [2.24, 2.45) is 7.05 Å². The fourth-order valence-electron chi connectivity index (χ4n) is 1.76. The molecule has 0 atom stereocenters. The van der Waals surface area contributed by atoms with E-state index in [0.29, 0.717) is 0 Å². The number of aromatic nitrogens is 1. The summed E-state index contributed by atoms with van der Waals surface area (Å²) in [5.41, 5.74) is 2.96. The van der Waals surface area contributed by atoms with Crippen molar-refractivity contribution < 1.29 is 0 Å². The van der Waals surface area contributed by atoms with Gasteiger partial charge >= 0.3 is 0 Å². The molecule has 0 aliphatic heterocycles. The predicted octanol–water partition coefficient (Wildman–Crippen LogP) is 1.44. The van der Waals surface area contributed by atoms with Gasteiger partial charge in [0.25, 0.3) is 5.56 Å². The molecule has 1 aromatic heterocycles. The van der Waals surface area contributed by atoms with Crippen LogP contribution in [0.3, 0.4) is 0 Å². The summed E-state index contributed by atoms with van der Waals surface area (Å²) >= 11 is 0. The number of nitrogens with zero attached hydrogens (tertiary/aromatic N) is 2. The molecule has 0 radical (unpaired) electrons. The maximum Gasteiger partial charge on any atom is 0.268 e. The van der Waals surface area contributed by atoms with E-state index >= 15 is 0 Å². The van der Waals surface area contributed by atoms with Crippen LogP contribution in [0.4, 0.5) is 0 Å². The van der Waals surface area contributed by atoms with Gasteiger partial charge in [0.05, 0.1) is 0 Å². The molecule has 1 aromatic rings. The molecule has 0 unspecified atom stereocenters. The second kappa shape index (κ2) is 3.67. The lowest BCUT2D eigenvalue weighted by molar-refractivity contribution is 0.787. The van der Waals surface area contributed by atoms with Crippen molar-refractivity contribution >= 4 is 0 Å². The second-order valence-corrected chi connectivity index (χ2v) is 3.39. The Morgan fingerprint density at radius 2 is 2.00 bits per heavy atom. The first-order valence-corrected chi connectivity index (χ1v) is 4.63. The molecule has 0 fully saturated rings. The molecule has 0 aliphatic carbocycles. The van der Waals surface area contributed by atoms with Crippen molar-refractivity contribution in [1.29, 1.82) is 5.26 Å². The van der Waals surface area contributed by atoms with Crippen LogP contribution in [0.5, 0.6) is 0 Å². The first-order valence-electron chi connectivity index (χ1n) is 4.63. The van der Waals surface area contributed by atoms with E-state index in [9.17, 15) is 4.79 Å². The molecule has 0 aliphatic rings. The van der Waals surface area contributed by atoms with E-state index in [4.69, 9.17) is 5.26 Å². The van der Waals surface area contributed by atoms with Crippen LogP contribution < -0.4 is 5.56 Å². The molecule has 0 amide bonds. The highest BCUT2D eigenvalue weighted by Crippen LogP contribution is 2.14. The van der Waals surface area contributed by atoms with Crippen LogP contribution in [-0.2, 0) is 13.5 Å².